The fourth-order valence-corrected chi connectivity index (χ4v) is 6.76. The Hall–Kier alpha value is -2.30. The third-order valence-electron chi connectivity index (χ3n) is 6.98. The summed E-state index contributed by atoms with van der Waals surface area (Å²) >= 11 is 8.20. The van der Waals surface area contributed by atoms with Crippen LogP contribution in [0, 0.1) is 10.8 Å². The molecular formula is C29H30ClNO2S. The quantitative estimate of drug-likeness (QED) is 0.483. The average molecular weight is 492 g/mol. The highest BCUT2D eigenvalue weighted by atomic mass is 35.5. The van der Waals surface area contributed by atoms with Gasteiger partial charge in [-0.25, -0.2) is 0 Å². The SMILES string of the molecule is CC1(C)CC(=O)C2=C(C1)NC1=C(C(=O)CC(C)(C)C1)C2c1ccc(Cl)c(Sc2ccccc2)c1. The molecule has 2 aromatic rings. The van der Waals surface area contributed by atoms with Crippen LogP contribution in [0.15, 0.2) is 80.9 Å². The lowest BCUT2D eigenvalue weighted by atomic mass is 9.64. The first-order valence-electron chi connectivity index (χ1n) is 11.8. The molecule has 1 aliphatic heterocycles. The summed E-state index contributed by atoms with van der Waals surface area (Å²) in [5.74, 6) is -0.0638. The fraction of sp³-hybridized carbons (Fsp3) is 0.379. The number of carbonyl (C=O) groups is 2. The number of hydrogen-bond donors (Lipinski definition) is 1. The van der Waals surface area contributed by atoms with Gasteiger partial charge in [0.2, 0.25) is 0 Å². The van der Waals surface area contributed by atoms with Gasteiger partial charge in [-0.05, 0) is 53.5 Å². The number of carbonyl (C=O) groups excluding carboxylic acids is 2. The Bertz CT molecular complexity index is 1200. The van der Waals surface area contributed by atoms with Crippen molar-refractivity contribution in [1.82, 2.24) is 5.32 Å². The van der Waals surface area contributed by atoms with Crippen molar-refractivity contribution < 1.29 is 9.59 Å². The van der Waals surface area contributed by atoms with Gasteiger partial charge in [-0.2, -0.15) is 0 Å². The van der Waals surface area contributed by atoms with Crippen LogP contribution in [0.1, 0.15) is 64.9 Å². The number of rotatable bonds is 3. The van der Waals surface area contributed by atoms with Crippen LogP contribution >= 0.6 is 23.4 Å². The van der Waals surface area contributed by atoms with Gasteiger partial charge in [0.05, 0.1) is 5.02 Å². The molecule has 0 radical (unpaired) electrons. The lowest BCUT2D eigenvalue weighted by Crippen LogP contribution is -2.42. The number of Topliss-reactive ketones (excluding diaryl/α,β-unsaturated/α-hetero) is 2. The predicted octanol–water partition coefficient (Wildman–Crippen LogP) is 7.46. The first-order chi connectivity index (χ1) is 16.0. The van der Waals surface area contributed by atoms with Gasteiger partial charge in [-0.3, -0.25) is 9.59 Å². The molecule has 0 atom stereocenters. The molecule has 176 valence electrons. The van der Waals surface area contributed by atoms with Crippen LogP contribution in [-0.2, 0) is 9.59 Å². The third kappa shape index (κ3) is 4.38. The maximum atomic E-state index is 13.5. The first kappa shape index (κ1) is 23.4. The van der Waals surface area contributed by atoms with Gasteiger partial charge in [0, 0.05) is 51.1 Å². The molecule has 34 heavy (non-hydrogen) atoms. The van der Waals surface area contributed by atoms with E-state index in [9.17, 15) is 9.59 Å². The molecule has 3 nitrogen and oxygen atoms in total. The van der Waals surface area contributed by atoms with Gasteiger partial charge < -0.3 is 5.32 Å². The molecule has 1 heterocycles. The van der Waals surface area contributed by atoms with E-state index in [-0.39, 0.29) is 28.3 Å². The number of benzene rings is 2. The minimum atomic E-state index is -0.342. The van der Waals surface area contributed by atoms with E-state index in [2.05, 4.69) is 51.2 Å². The van der Waals surface area contributed by atoms with Crippen LogP contribution in [0.3, 0.4) is 0 Å². The van der Waals surface area contributed by atoms with Gasteiger partial charge in [0.25, 0.3) is 0 Å². The van der Waals surface area contributed by atoms with Crippen LogP contribution in [0.2, 0.25) is 5.02 Å². The molecule has 0 saturated heterocycles. The summed E-state index contributed by atoms with van der Waals surface area (Å²) in [7, 11) is 0. The predicted molar refractivity (Wildman–Crippen MR) is 138 cm³/mol. The Kier molecular flexibility index (Phi) is 5.81. The van der Waals surface area contributed by atoms with Crippen molar-refractivity contribution in [3.63, 3.8) is 0 Å². The van der Waals surface area contributed by atoms with Crippen molar-refractivity contribution in [2.75, 3.05) is 0 Å². The maximum absolute atomic E-state index is 13.5. The second kappa shape index (κ2) is 8.42. The van der Waals surface area contributed by atoms with Gasteiger partial charge in [-0.1, -0.05) is 75.3 Å². The standard InChI is InChI=1S/C29H30ClNO2S/c1-28(2)13-20-26(22(32)15-28)25(27-21(31-20)14-29(3,4)16-23(27)33)17-10-11-19(30)24(12-17)34-18-8-6-5-7-9-18/h5-12,25,31H,13-16H2,1-4H3. The van der Waals surface area contributed by atoms with Crippen LogP contribution < -0.4 is 5.32 Å². The topological polar surface area (TPSA) is 46.2 Å². The molecule has 0 saturated carbocycles. The Labute approximate surface area is 211 Å². The molecule has 0 unspecified atom stereocenters. The normalized spacial score (nSPS) is 21.8. The van der Waals surface area contributed by atoms with E-state index in [1.165, 1.54) is 0 Å². The summed E-state index contributed by atoms with van der Waals surface area (Å²) in [6, 6.07) is 16.1. The molecular weight excluding hydrogens is 462 g/mol. The van der Waals surface area contributed by atoms with Crippen LogP contribution in [0.25, 0.3) is 0 Å². The van der Waals surface area contributed by atoms with E-state index < -0.39 is 0 Å². The van der Waals surface area contributed by atoms with E-state index in [1.807, 2.05) is 30.3 Å². The number of hydrogen-bond acceptors (Lipinski definition) is 4. The summed E-state index contributed by atoms with van der Waals surface area (Å²) in [5.41, 5.74) is 4.27. The summed E-state index contributed by atoms with van der Waals surface area (Å²) in [6.45, 7) is 8.56. The second-order valence-electron chi connectivity index (χ2n) is 11.3. The molecule has 0 amide bonds. The molecule has 2 aromatic carbocycles. The van der Waals surface area contributed by atoms with Crippen molar-refractivity contribution in [3.05, 3.63) is 81.7 Å². The molecule has 0 aromatic heterocycles. The van der Waals surface area contributed by atoms with Gasteiger partial charge in [0.1, 0.15) is 0 Å². The van der Waals surface area contributed by atoms with E-state index in [0.29, 0.717) is 17.9 Å². The van der Waals surface area contributed by atoms with E-state index in [4.69, 9.17) is 11.6 Å². The summed E-state index contributed by atoms with van der Waals surface area (Å²) in [6.07, 6.45) is 2.58. The Morgan fingerprint density at radius 3 is 1.94 bits per heavy atom. The lowest BCUT2D eigenvalue weighted by molar-refractivity contribution is -0.119. The largest absolute Gasteiger partial charge is 0.362 e. The monoisotopic (exact) mass is 491 g/mol. The fourth-order valence-electron chi connectivity index (χ4n) is 5.62. The number of dihydropyridines is 1. The van der Waals surface area contributed by atoms with E-state index >= 15 is 0 Å². The zero-order chi connectivity index (χ0) is 24.3. The maximum Gasteiger partial charge on any atom is 0.162 e. The second-order valence-corrected chi connectivity index (χ2v) is 12.9. The van der Waals surface area contributed by atoms with E-state index in [1.54, 1.807) is 11.8 Å². The van der Waals surface area contributed by atoms with Gasteiger partial charge in [0.15, 0.2) is 11.6 Å². The van der Waals surface area contributed by atoms with Crippen molar-refractivity contribution >= 4 is 34.9 Å². The van der Waals surface area contributed by atoms with Crippen molar-refractivity contribution in [2.45, 2.75) is 69.1 Å². The first-order valence-corrected chi connectivity index (χ1v) is 13.0. The number of ketones is 2. The van der Waals surface area contributed by atoms with Crippen LogP contribution in [0.4, 0.5) is 0 Å². The molecule has 5 rings (SSSR count). The van der Waals surface area contributed by atoms with Gasteiger partial charge >= 0.3 is 0 Å². The van der Waals surface area contributed by atoms with Crippen LogP contribution in [-0.4, -0.2) is 11.6 Å². The molecule has 5 heteroatoms. The zero-order valence-electron chi connectivity index (χ0n) is 20.1. The lowest BCUT2D eigenvalue weighted by Gasteiger charge is -2.44. The third-order valence-corrected chi connectivity index (χ3v) is 8.49. The molecule has 0 fully saturated rings. The Morgan fingerprint density at radius 1 is 0.824 bits per heavy atom. The van der Waals surface area contributed by atoms with E-state index in [0.717, 1.165) is 50.7 Å². The van der Waals surface area contributed by atoms with Gasteiger partial charge in [-0.15, -0.1) is 0 Å². The number of nitrogens with one attached hydrogen (secondary N) is 1. The minimum absolute atomic E-state index is 0.103. The molecule has 0 bridgehead atoms. The van der Waals surface area contributed by atoms with Crippen molar-refractivity contribution in [1.29, 1.82) is 0 Å². The molecule has 1 N–H and O–H groups in total. The number of allylic oxidation sites excluding steroid dienone is 4. The average Bonchev–Trinajstić information content (AvgIpc) is 2.73. The minimum Gasteiger partial charge on any atom is -0.362 e. The Morgan fingerprint density at radius 2 is 1.38 bits per heavy atom. The van der Waals surface area contributed by atoms with Crippen molar-refractivity contribution in [3.8, 4) is 0 Å². The summed E-state index contributed by atoms with van der Waals surface area (Å²) < 4.78 is 0. The summed E-state index contributed by atoms with van der Waals surface area (Å²) in [5, 5.41) is 4.25. The number of halogens is 1. The molecule has 0 spiro atoms. The molecule has 3 aliphatic rings. The van der Waals surface area contributed by atoms with Crippen LogP contribution in [0.5, 0.6) is 0 Å². The smallest absolute Gasteiger partial charge is 0.162 e. The molecule has 2 aliphatic carbocycles. The Balaban J connectivity index is 1.65. The highest BCUT2D eigenvalue weighted by molar-refractivity contribution is 7.99. The van der Waals surface area contributed by atoms with Crippen molar-refractivity contribution in [2.24, 2.45) is 10.8 Å². The highest BCUT2D eigenvalue weighted by Gasteiger charge is 2.46. The highest BCUT2D eigenvalue weighted by Crippen LogP contribution is 2.51. The summed E-state index contributed by atoms with van der Waals surface area (Å²) in [4.78, 5) is 29.1. The zero-order valence-corrected chi connectivity index (χ0v) is 21.7.